The van der Waals surface area contributed by atoms with Gasteiger partial charge in [0, 0.05) is 13.1 Å². The van der Waals surface area contributed by atoms with Crippen molar-refractivity contribution in [2.24, 2.45) is 5.92 Å². The van der Waals surface area contributed by atoms with E-state index in [0.29, 0.717) is 18.9 Å². The van der Waals surface area contributed by atoms with Gasteiger partial charge in [0.1, 0.15) is 24.2 Å². The molecule has 0 spiro atoms. The summed E-state index contributed by atoms with van der Waals surface area (Å²) in [6.07, 6.45) is 0. The molecule has 0 saturated heterocycles. The van der Waals surface area contributed by atoms with Crippen LogP contribution in [0.3, 0.4) is 0 Å². The standard InChI is InChI=1S/C31H38FN3O5S/c1-6-40-28-14-16-29(17-15-28)41(38,39)35(27-12-10-26(32)11-13-27)21-30(36)34(20-25-9-7-8-23(4)18-25)24(5)31(37)33-19-22(2)3/h7-18,22,24H,6,19-21H2,1-5H3,(H,33,37)/t24-/m0/s1. The van der Waals surface area contributed by atoms with Crippen LogP contribution in [0.4, 0.5) is 10.1 Å². The van der Waals surface area contributed by atoms with E-state index >= 15 is 0 Å². The molecule has 0 aliphatic heterocycles. The van der Waals surface area contributed by atoms with Crippen LogP contribution in [0.25, 0.3) is 0 Å². The minimum absolute atomic E-state index is 0.0639. The Bertz CT molecular complexity index is 1430. The molecule has 2 amide bonds. The molecular formula is C31H38FN3O5S. The Hall–Kier alpha value is -3.92. The number of nitrogens with one attached hydrogen (secondary N) is 1. The lowest BCUT2D eigenvalue weighted by atomic mass is 10.1. The zero-order valence-corrected chi connectivity index (χ0v) is 24.9. The van der Waals surface area contributed by atoms with Gasteiger partial charge in [-0.2, -0.15) is 0 Å². The van der Waals surface area contributed by atoms with Gasteiger partial charge < -0.3 is 15.0 Å². The lowest BCUT2D eigenvalue weighted by Gasteiger charge is -2.32. The number of anilines is 1. The Morgan fingerprint density at radius 3 is 2.22 bits per heavy atom. The van der Waals surface area contributed by atoms with E-state index in [9.17, 15) is 22.4 Å². The molecule has 10 heteroatoms. The number of halogens is 1. The van der Waals surface area contributed by atoms with Gasteiger partial charge in [0.15, 0.2) is 0 Å². The number of carbonyl (C=O) groups excluding carboxylic acids is 2. The molecular weight excluding hydrogens is 545 g/mol. The molecule has 3 aromatic carbocycles. The number of ether oxygens (including phenoxy) is 1. The second-order valence-electron chi connectivity index (χ2n) is 10.2. The number of nitrogens with zero attached hydrogens (tertiary/aromatic N) is 2. The van der Waals surface area contributed by atoms with E-state index in [1.54, 1.807) is 6.92 Å². The monoisotopic (exact) mass is 583 g/mol. The first-order valence-corrected chi connectivity index (χ1v) is 15.0. The highest BCUT2D eigenvalue weighted by Gasteiger charge is 2.32. The maximum atomic E-state index is 13.9. The third-order valence-electron chi connectivity index (χ3n) is 6.40. The largest absolute Gasteiger partial charge is 0.494 e. The number of sulfonamides is 1. The molecule has 220 valence electrons. The Morgan fingerprint density at radius 2 is 1.63 bits per heavy atom. The summed E-state index contributed by atoms with van der Waals surface area (Å²) in [5.41, 5.74) is 1.89. The number of aryl methyl sites for hydroxylation is 1. The fourth-order valence-electron chi connectivity index (χ4n) is 4.18. The van der Waals surface area contributed by atoms with Crippen molar-refractivity contribution in [3.8, 4) is 5.75 Å². The van der Waals surface area contributed by atoms with Crippen molar-refractivity contribution in [3.63, 3.8) is 0 Å². The van der Waals surface area contributed by atoms with Crippen molar-refractivity contribution in [2.75, 3.05) is 24.0 Å². The molecule has 1 atom stereocenters. The van der Waals surface area contributed by atoms with Gasteiger partial charge in [-0.3, -0.25) is 13.9 Å². The SMILES string of the molecule is CCOc1ccc(S(=O)(=O)N(CC(=O)N(Cc2cccc(C)c2)[C@@H](C)C(=O)NCC(C)C)c2ccc(F)cc2)cc1. The molecule has 1 N–H and O–H groups in total. The van der Waals surface area contributed by atoms with E-state index in [-0.39, 0.29) is 29.0 Å². The van der Waals surface area contributed by atoms with E-state index in [2.05, 4.69) is 5.32 Å². The predicted molar refractivity (Wildman–Crippen MR) is 158 cm³/mol. The van der Waals surface area contributed by atoms with Crippen molar-refractivity contribution in [3.05, 3.63) is 89.7 Å². The summed E-state index contributed by atoms with van der Waals surface area (Å²) in [4.78, 5) is 28.3. The van der Waals surface area contributed by atoms with E-state index in [1.807, 2.05) is 52.0 Å². The fraction of sp³-hybridized carbons (Fsp3) is 0.355. The average molecular weight is 584 g/mol. The lowest BCUT2D eigenvalue weighted by Crippen LogP contribution is -2.51. The Morgan fingerprint density at radius 1 is 0.976 bits per heavy atom. The van der Waals surface area contributed by atoms with Crippen molar-refractivity contribution in [1.82, 2.24) is 10.2 Å². The molecule has 8 nitrogen and oxygen atoms in total. The summed E-state index contributed by atoms with van der Waals surface area (Å²) < 4.78 is 47.9. The van der Waals surface area contributed by atoms with Crippen molar-refractivity contribution in [1.29, 1.82) is 0 Å². The summed E-state index contributed by atoms with van der Waals surface area (Å²) in [6, 6.07) is 17.4. The third kappa shape index (κ3) is 8.53. The van der Waals surface area contributed by atoms with Crippen LogP contribution < -0.4 is 14.4 Å². The number of amides is 2. The molecule has 0 bridgehead atoms. The van der Waals surface area contributed by atoms with Crippen molar-refractivity contribution >= 4 is 27.5 Å². The van der Waals surface area contributed by atoms with Gasteiger partial charge in [-0.15, -0.1) is 0 Å². The predicted octanol–water partition coefficient (Wildman–Crippen LogP) is 4.92. The molecule has 0 aliphatic rings. The number of hydrogen-bond acceptors (Lipinski definition) is 5. The van der Waals surface area contributed by atoms with Gasteiger partial charge >= 0.3 is 0 Å². The topological polar surface area (TPSA) is 96.0 Å². The van der Waals surface area contributed by atoms with E-state index in [0.717, 1.165) is 27.6 Å². The van der Waals surface area contributed by atoms with Crippen molar-refractivity contribution < 1.29 is 27.1 Å². The van der Waals surface area contributed by atoms with E-state index < -0.39 is 34.3 Å². The van der Waals surface area contributed by atoms with E-state index in [4.69, 9.17) is 4.74 Å². The molecule has 0 aromatic heterocycles. The minimum atomic E-state index is -4.27. The van der Waals surface area contributed by atoms with Gasteiger partial charge in [-0.05, 0) is 80.8 Å². The second-order valence-corrected chi connectivity index (χ2v) is 12.1. The maximum Gasteiger partial charge on any atom is 0.264 e. The van der Waals surface area contributed by atoms with Gasteiger partial charge in [0.25, 0.3) is 10.0 Å². The minimum Gasteiger partial charge on any atom is -0.494 e. The van der Waals surface area contributed by atoms with Crippen LogP contribution in [0.15, 0.2) is 77.7 Å². The second kappa shape index (κ2) is 14.1. The van der Waals surface area contributed by atoms with Gasteiger partial charge in [-0.1, -0.05) is 43.7 Å². The molecule has 3 rings (SSSR count). The number of rotatable bonds is 13. The van der Waals surface area contributed by atoms with Gasteiger partial charge in [0.05, 0.1) is 17.2 Å². The summed E-state index contributed by atoms with van der Waals surface area (Å²) in [5, 5.41) is 2.86. The molecule has 0 radical (unpaired) electrons. The summed E-state index contributed by atoms with van der Waals surface area (Å²) in [5.74, 6) is -0.767. The molecule has 3 aromatic rings. The maximum absolute atomic E-state index is 13.9. The summed E-state index contributed by atoms with van der Waals surface area (Å²) >= 11 is 0. The van der Waals surface area contributed by atoms with Crippen LogP contribution in [-0.4, -0.2) is 50.9 Å². The quantitative estimate of drug-likeness (QED) is 0.308. The van der Waals surface area contributed by atoms with Crippen LogP contribution in [0.5, 0.6) is 5.75 Å². The van der Waals surface area contributed by atoms with Crippen LogP contribution in [0.1, 0.15) is 38.8 Å². The number of hydrogen-bond donors (Lipinski definition) is 1. The molecule has 0 heterocycles. The highest BCUT2D eigenvalue weighted by atomic mass is 32.2. The van der Waals surface area contributed by atoms with Crippen LogP contribution in [0, 0.1) is 18.7 Å². The third-order valence-corrected chi connectivity index (χ3v) is 8.19. The first-order chi connectivity index (χ1) is 19.4. The molecule has 0 fully saturated rings. The first-order valence-electron chi connectivity index (χ1n) is 13.6. The Labute approximate surface area is 242 Å². The zero-order valence-electron chi connectivity index (χ0n) is 24.1. The van der Waals surface area contributed by atoms with Gasteiger partial charge in [-0.25, -0.2) is 12.8 Å². The smallest absolute Gasteiger partial charge is 0.264 e. The van der Waals surface area contributed by atoms with Gasteiger partial charge in [0.2, 0.25) is 11.8 Å². The molecule has 41 heavy (non-hydrogen) atoms. The number of carbonyl (C=O) groups is 2. The van der Waals surface area contributed by atoms with Crippen LogP contribution >= 0.6 is 0 Å². The highest BCUT2D eigenvalue weighted by Crippen LogP contribution is 2.26. The zero-order chi connectivity index (χ0) is 30.2. The van der Waals surface area contributed by atoms with Crippen molar-refractivity contribution in [2.45, 2.75) is 52.1 Å². The highest BCUT2D eigenvalue weighted by molar-refractivity contribution is 7.92. The normalized spacial score (nSPS) is 12.1. The Balaban J connectivity index is 2.00. The first kappa shape index (κ1) is 31.6. The molecule has 0 saturated carbocycles. The van der Waals surface area contributed by atoms with Crippen LogP contribution in [-0.2, 0) is 26.2 Å². The number of benzene rings is 3. The summed E-state index contributed by atoms with van der Waals surface area (Å²) in [6.45, 7) is 9.64. The Kier molecular flexibility index (Phi) is 10.9. The molecule has 0 unspecified atom stereocenters. The fourth-order valence-corrected chi connectivity index (χ4v) is 5.59. The van der Waals surface area contributed by atoms with Crippen LogP contribution in [0.2, 0.25) is 0 Å². The molecule has 0 aliphatic carbocycles. The lowest BCUT2D eigenvalue weighted by molar-refractivity contribution is -0.139. The summed E-state index contributed by atoms with van der Waals surface area (Å²) in [7, 11) is -4.27. The van der Waals surface area contributed by atoms with E-state index in [1.165, 1.54) is 41.3 Å². The average Bonchev–Trinajstić information content (AvgIpc) is 2.94.